The van der Waals surface area contributed by atoms with E-state index in [9.17, 15) is 14.4 Å². The summed E-state index contributed by atoms with van der Waals surface area (Å²) in [5.74, 6) is -1.15. The van der Waals surface area contributed by atoms with E-state index in [2.05, 4.69) is 26.6 Å². The summed E-state index contributed by atoms with van der Waals surface area (Å²) in [6, 6.07) is 9.09. The summed E-state index contributed by atoms with van der Waals surface area (Å²) in [6.07, 6.45) is 0.00538. The Hall–Kier alpha value is -2.19. The van der Waals surface area contributed by atoms with E-state index < -0.39 is 5.97 Å². The minimum atomic E-state index is -0.540. The number of carbonyl (C=O) groups is 3. The monoisotopic (exact) mass is 438 g/mol. The summed E-state index contributed by atoms with van der Waals surface area (Å²) < 4.78 is 5.88. The number of ether oxygens (including phenoxy) is 1. The Labute approximate surface area is 164 Å². The molecule has 138 valence electrons. The third kappa shape index (κ3) is 6.61. The first-order valence-corrected chi connectivity index (χ1v) is 9.70. The van der Waals surface area contributed by atoms with Crippen LogP contribution in [-0.4, -0.2) is 30.9 Å². The third-order valence-electron chi connectivity index (χ3n) is 3.51. The van der Waals surface area contributed by atoms with Crippen molar-refractivity contribution in [3.05, 3.63) is 56.7 Å². The second kappa shape index (κ2) is 10.1. The molecule has 2 rings (SSSR count). The highest BCUT2D eigenvalue weighted by molar-refractivity contribution is 9.10. The van der Waals surface area contributed by atoms with Gasteiger partial charge >= 0.3 is 5.97 Å². The van der Waals surface area contributed by atoms with Gasteiger partial charge < -0.3 is 15.4 Å². The summed E-state index contributed by atoms with van der Waals surface area (Å²) >= 11 is 4.78. The van der Waals surface area contributed by atoms with Crippen LogP contribution in [0.3, 0.4) is 0 Å². The lowest BCUT2D eigenvalue weighted by atomic mass is 10.1. The van der Waals surface area contributed by atoms with E-state index in [0.29, 0.717) is 5.56 Å². The maximum absolute atomic E-state index is 11.9. The van der Waals surface area contributed by atoms with Crippen LogP contribution in [0.5, 0.6) is 0 Å². The lowest BCUT2D eigenvalue weighted by Crippen LogP contribution is -2.32. The molecular weight excluding hydrogens is 420 g/mol. The Kier molecular flexibility index (Phi) is 7.80. The molecular formula is C18H19BrN2O4S. The molecule has 0 aliphatic heterocycles. The molecule has 0 saturated carbocycles. The molecule has 1 unspecified atom stereocenters. The zero-order valence-electron chi connectivity index (χ0n) is 14.2. The van der Waals surface area contributed by atoms with Crippen LogP contribution >= 0.6 is 27.3 Å². The largest absolute Gasteiger partial charge is 0.456 e. The molecule has 6 nitrogen and oxygen atoms in total. The lowest BCUT2D eigenvalue weighted by Gasteiger charge is -2.14. The van der Waals surface area contributed by atoms with Gasteiger partial charge in [0.25, 0.3) is 11.8 Å². The van der Waals surface area contributed by atoms with Crippen LogP contribution in [0.25, 0.3) is 0 Å². The van der Waals surface area contributed by atoms with Crippen LogP contribution in [0.1, 0.15) is 35.3 Å². The Morgan fingerprint density at radius 1 is 1.19 bits per heavy atom. The van der Waals surface area contributed by atoms with Gasteiger partial charge in [0.15, 0.2) is 6.61 Å². The third-order valence-corrected chi connectivity index (χ3v) is 4.72. The molecule has 2 N–H and O–H groups in total. The number of halogens is 1. The van der Waals surface area contributed by atoms with Gasteiger partial charge in [-0.15, -0.1) is 0 Å². The molecule has 2 aromatic rings. The standard InChI is InChI=1S/C18H19BrN2O4S/c1-12(13-2-4-15(19)5-3-13)21-16(22)10-25-17(23)6-8-20-18(24)14-7-9-26-11-14/h2-5,7,9,11-12H,6,8,10H2,1H3,(H,20,24)(H,21,22). The molecule has 0 fully saturated rings. The van der Waals surface area contributed by atoms with E-state index in [4.69, 9.17) is 4.74 Å². The number of thiophene rings is 1. The molecule has 1 atom stereocenters. The zero-order chi connectivity index (χ0) is 18.9. The van der Waals surface area contributed by atoms with Gasteiger partial charge in [-0.05, 0) is 36.1 Å². The molecule has 26 heavy (non-hydrogen) atoms. The molecule has 0 spiro atoms. The van der Waals surface area contributed by atoms with Crippen molar-refractivity contribution in [2.75, 3.05) is 13.2 Å². The van der Waals surface area contributed by atoms with Gasteiger partial charge in [0.1, 0.15) is 0 Å². The fraction of sp³-hybridized carbons (Fsp3) is 0.278. The maximum atomic E-state index is 11.9. The number of hydrogen-bond acceptors (Lipinski definition) is 5. The number of hydrogen-bond donors (Lipinski definition) is 2. The van der Waals surface area contributed by atoms with Gasteiger partial charge in [0, 0.05) is 22.0 Å². The number of benzene rings is 1. The average Bonchev–Trinajstić information content (AvgIpc) is 3.15. The smallest absolute Gasteiger partial charge is 0.308 e. The summed E-state index contributed by atoms with van der Waals surface area (Å²) in [4.78, 5) is 35.2. The number of carbonyl (C=O) groups excluding carboxylic acids is 3. The number of esters is 1. The molecule has 8 heteroatoms. The second-order valence-electron chi connectivity index (χ2n) is 5.52. The fourth-order valence-corrected chi connectivity index (χ4v) is 3.01. The number of nitrogens with one attached hydrogen (secondary N) is 2. The van der Waals surface area contributed by atoms with Crippen LogP contribution in [0, 0.1) is 0 Å². The first-order chi connectivity index (χ1) is 12.5. The zero-order valence-corrected chi connectivity index (χ0v) is 16.6. The average molecular weight is 439 g/mol. The van der Waals surface area contributed by atoms with Crippen molar-refractivity contribution in [1.82, 2.24) is 10.6 Å². The molecule has 1 aromatic heterocycles. The van der Waals surface area contributed by atoms with Crippen LogP contribution < -0.4 is 10.6 Å². The van der Waals surface area contributed by atoms with E-state index in [1.54, 1.807) is 16.8 Å². The summed E-state index contributed by atoms with van der Waals surface area (Å²) in [5, 5.41) is 8.92. The molecule has 0 radical (unpaired) electrons. The van der Waals surface area contributed by atoms with Gasteiger partial charge in [-0.25, -0.2) is 0 Å². The Balaban J connectivity index is 1.64. The fourth-order valence-electron chi connectivity index (χ4n) is 2.11. The predicted octanol–water partition coefficient (Wildman–Crippen LogP) is 3.05. The Morgan fingerprint density at radius 2 is 1.92 bits per heavy atom. The van der Waals surface area contributed by atoms with Crippen LogP contribution in [0.15, 0.2) is 45.6 Å². The summed E-state index contributed by atoms with van der Waals surface area (Å²) in [6.45, 7) is 1.66. The van der Waals surface area contributed by atoms with Crippen molar-refractivity contribution >= 4 is 45.1 Å². The first-order valence-electron chi connectivity index (χ1n) is 7.96. The Bertz CT molecular complexity index is 747. The van der Waals surface area contributed by atoms with Crippen LogP contribution in [-0.2, 0) is 14.3 Å². The topological polar surface area (TPSA) is 84.5 Å². The van der Waals surface area contributed by atoms with E-state index in [-0.39, 0.29) is 37.4 Å². The van der Waals surface area contributed by atoms with E-state index >= 15 is 0 Å². The van der Waals surface area contributed by atoms with E-state index in [0.717, 1.165) is 10.0 Å². The quantitative estimate of drug-likeness (QED) is 0.620. The minimum Gasteiger partial charge on any atom is -0.456 e. The van der Waals surface area contributed by atoms with Gasteiger partial charge in [-0.2, -0.15) is 11.3 Å². The Morgan fingerprint density at radius 3 is 2.58 bits per heavy atom. The molecule has 2 amide bonds. The molecule has 0 aliphatic carbocycles. The van der Waals surface area contributed by atoms with Crippen molar-refractivity contribution in [3.8, 4) is 0 Å². The van der Waals surface area contributed by atoms with E-state index in [1.165, 1.54) is 11.3 Å². The second-order valence-corrected chi connectivity index (χ2v) is 7.22. The number of amides is 2. The molecule has 0 aliphatic rings. The van der Waals surface area contributed by atoms with Gasteiger partial charge in [-0.1, -0.05) is 28.1 Å². The van der Waals surface area contributed by atoms with Crippen molar-refractivity contribution in [2.45, 2.75) is 19.4 Å². The van der Waals surface area contributed by atoms with E-state index in [1.807, 2.05) is 31.2 Å². The number of rotatable bonds is 8. The van der Waals surface area contributed by atoms with Crippen molar-refractivity contribution < 1.29 is 19.1 Å². The normalized spacial score (nSPS) is 11.5. The lowest BCUT2D eigenvalue weighted by molar-refractivity contribution is -0.148. The van der Waals surface area contributed by atoms with Gasteiger partial charge in [0.05, 0.1) is 12.5 Å². The van der Waals surface area contributed by atoms with Crippen molar-refractivity contribution in [2.24, 2.45) is 0 Å². The highest BCUT2D eigenvalue weighted by Gasteiger charge is 2.12. The highest BCUT2D eigenvalue weighted by atomic mass is 79.9. The summed E-state index contributed by atoms with van der Waals surface area (Å²) in [7, 11) is 0. The molecule has 0 saturated heterocycles. The highest BCUT2D eigenvalue weighted by Crippen LogP contribution is 2.16. The summed E-state index contributed by atoms with van der Waals surface area (Å²) in [5.41, 5.74) is 1.51. The van der Waals surface area contributed by atoms with Crippen LogP contribution in [0.4, 0.5) is 0 Å². The first kappa shape index (κ1) is 20.1. The molecule has 1 heterocycles. The maximum Gasteiger partial charge on any atom is 0.308 e. The molecule has 0 bridgehead atoms. The van der Waals surface area contributed by atoms with Gasteiger partial charge in [-0.3, -0.25) is 14.4 Å². The predicted molar refractivity (Wildman–Crippen MR) is 103 cm³/mol. The van der Waals surface area contributed by atoms with Crippen molar-refractivity contribution in [3.63, 3.8) is 0 Å². The van der Waals surface area contributed by atoms with Crippen molar-refractivity contribution in [1.29, 1.82) is 0 Å². The molecule has 1 aromatic carbocycles. The minimum absolute atomic E-state index is 0.00538. The SMILES string of the molecule is CC(NC(=O)COC(=O)CCNC(=O)c1ccsc1)c1ccc(Br)cc1. The van der Waals surface area contributed by atoms with Gasteiger partial charge in [0.2, 0.25) is 0 Å². The van der Waals surface area contributed by atoms with Crippen LogP contribution in [0.2, 0.25) is 0 Å².